The van der Waals surface area contributed by atoms with Gasteiger partial charge in [0.25, 0.3) is 0 Å². The number of aromatic nitrogens is 3. The molecule has 1 saturated heterocycles. The summed E-state index contributed by atoms with van der Waals surface area (Å²) in [6.45, 7) is 3.87. The van der Waals surface area contributed by atoms with Crippen LogP contribution in [0.15, 0.2) is 28.9 Å². The Labute approximate surface area is 146 Å². The number of pyridine rings is 1. The summed E-state index contributed by atoms with van der Waals surface area (Å²) >= 11 is 0. The van der Waals surface area contributed by atoms with E-state index in [4.69, 9.17) is 9.26 Å². The number of ether oxygens (including phenoxy) is 1. The predicted octanol–water partition coefficient (Wildman–Crippen LogP) is 1.92. The molecule has 0 radical (unpaired) electrons. The Morgan fingerprint density at radius 2 is 2.36 bits per heavy atom. The van der Waals surface area contributed by atoms with Crippen LogP contribution in [0.25, 0.3) is 0 Å². The maximum atomic E-state index is 12.6. The second-order valence-corrected chi connectivity index (χ2v) is 5.95. The van der Waals surface area contributed by atoms with Crippen LogP contribution < -0.4 is 5.32 Å². The average Bonchev–Trinajstić information content (AvgIpc) is 3.31. The monoisotopic (exact) mass is 345 g/mol. The fraction of sp³-hybridized carbons (Fsp3) is 0.529. The van der Waals surface area contributed by atoms with Crippen LogP contribution in [0, 0.1) is 0 Å². The summed E-state index contributed by atoms with van der Waals surface area (Å²) in [5.74, 6) is 1.04. The van der Waals surface area contributed by atoms with Crippen molar-refractivity contribution >= 4 is 6.03 Å². The Balaban J connectivity index is 1.60. The lowest BCUT2D eigenvalue weighted by Crippen LogP contribution is -2.43. The smallest absolute Gasteiger partial charge is 0.318 e. The molecule has 0 saturated carbocycles. The van der Waals surface area contributed by atoms with Gasteiger partial charge >= 0.3 is 6.03 Å². The van der Waals surface area contributed by atoms with Crippen molar-refractivity contribution in [1.82, 2.24) is 25.3 Å². The van der Waals surface area contributed by atoms with Crippen LogP contribution in [-0.2, 0) is 24.2 Å². The summed E-state index contributed by atoms with van der Waals surface area (Å²) in [5, 5.41) is 6.67. The van der Waals surface area contributed by atoms with E-state index >= 15 is 0 Å². The minimum absolute atomic E-state index is 0.0737. The van der Waals surface area contributed by atoms with E-state index in [1.165, 1.54) is 0 Å². The van der Waals surface area contributed by atoms with Gasteiger partial charge in [-0.25, -0.2) is 4.79 Å². The van der Waals surface area contributed by atoms with Gasteiger partial charge in [0.1, 0.15) is 0 Å². The Bertz CT molecular complexity index is 670. The molecule has 2 aromatic rings. The Morgan fingerprint density at radius 3 is 3.04 bits per heavy atom. The molecule has 8 heteroatoms. The maximum absolute atomic E-state index is 12.6. The van der Waals surface area contributed by atoms with Crippen molar-refractivity contribution < 1.29 is 14.1 Å². The molecule has 1 N–H and O–H groups in total. The number of carbonyl (C=O) groups excluding carboxylic acids is 1. The van der Waals surface area contributed by atoms with Gasteiger partial charge in [-0.2, -0.15) is 4.98 Å². The highest BCUT2D eigenvalue weighted by molar-refractivity contribution is 5.74. The normalized spacial score (nSPS) is 16.8. The number of carbonyl (C=O) groups is 1. The third kappa shape index (κ3) is 4.99. The highest BCUT2D eigenvalue weighted by Crippen LogP contribution is 2.15. The molecule has 25 heavy (non-hydrogen) atoms. The number of amides is 2. The molecule has 1 atom stereocenters. The first-order valence-corrected chi connectivity index (χ1v) is 8.60. The van der Waals surface area contributed by atoms with E-state index in [9.17, 15) is 4.79 Å². The summed E-state index contributed by atoms with van der Waals surface area (Å²) in [6.07, 6.45) is 4.50. The zero-order valence-electron chi connectivity index (χ0n) is 14.4. The summed E-state index contributed by atoms with van der Waals surface area (Å²) < 4.78 is 10.8. The summed E-state index contributed by atoms with van der Waals surface area (Å²) in [4.78, 5) is 22.8. The van der Waals surface area contributed by atoms with Crippen LogP contribution in [0.4, 0.5) is 4.79 Å². The molecule has 0 unspecified atom stereocenters. The van der Waals surface area contributed by atoms with E-state index in [1.54, 1.807) is 11.1 Å². The lowest BCUT2D eigenvalue weighted by atomic mass is 10.2. The van der Waals surface area contributed by atoms with Crippen LogP contribution in [0.3, 0.4) is 0 Å². The van der Waals surface area contributed by atoms with Crippen molar-refractivity contribution in [2.24, 2.45) is 0 Å². The van der Waals surface area contributed by atoms with E-state index in [1.807, 2.05) is 25.1 Å². The number of hydrogen-bond donors (Lipinski definition) is 1. The molecule has 1 aliphatic heterocycles. The highest BCUT2D eigenvalue weighted by Gasteiger charge is 2.23. The Hall–Kier alpha value is -2.48. The number of nitrogens with one attached hydrogen (secondary N) is 1. The van der Waals surface area contributed by atoms with Gasteiger partial charge in [0.2, 0.25) is 5.89 Å². The summed E-state index contributed by atoms with van der Waals surface area (Å²) in [6, 6.07) is 5.48. The van der Waals surface area contributed by atoms with Gasteiger partial charge in [-0.1, -0.05) is 18.1 Å². The van der Waals surface area contributed by atoms with Crippen LogP contribution in [0.2, 0.25) is 0 Å². The van der Waals surface area contributed by atoms with Crippen LogP contribution in [0.1, 0.15) is 37.2 Å². The molecular weight excluding hydrogens is 322 g/mol. The molecule has 1 aliphatic rings. The van der Waals surface area contributed by atoms with Crippen LogP contribution >= 0.6 is 0 Å². The van der Waals surface area contributed by atoms with E-state index in [-0.39, 0.29) is 18.7 Å². The summed E-state index contributed by atoms with van der Waals surface area (Å²) in [5.41, 5.74) is 0.835. The minimum atomic E-state index is -0.197. The first kappa shape index (κ1) is 17.3. The highest BCUT2D eigenvalue weighted by atomic mass is 16.5. The van der Waals surface area contributed by atoms with Gasteiger partial charge in [-0.3, -0.25) is 4.98 Å². The molecular formula is C17H23N5O3. The Morgan fingerprint density at radius 1 is 1.44 bits per heavy atom. The second-order valence-electron chi connectivity index (χ2n) is 5.95. The van der Waals surface area contributed by atoms with Crippen molar-refractivity contribution in [2.75, 3.05) is 13.2 Å². The van der Waals surface area contributed by atoms with Gasteiger partial charge in [-0.15, -0.1) is 0 Å². The first-order valence-electron chi connectivity index (χ1n) is 8.60. The molecule has 1 fully saturated rings. The lowest BCUT2D eigenvalue weighted by molar-refractivity contribution is 0.0789. The molecule has 2 amide bonds. The SMILES string of the molecule is CCc1noc(CNC(=O)N(Cc2ccccn2)C[C@@H]2CCCO2)n1. The van der Waals surface area contributed by atoms with Gasteiger partial charge in [0.05, 0.1) is 24.9 Å². The molecule has 8 nitrogen and oxygen atoms in total. The topological polar surface area (TPSA) is 93.4 Å². The van der Waals surface area contributed by atoms with E-state index < -0.39 is 0 Å². The number of aryl methyl sites for hydroxylation is 1. The number of urea groups is 1. The zero-order chi connectivity index (χ0) is 17.5. The van der Waals surface area contributed by atoms with Crippen molar-refractivity contribution in [2.45, 2.75) is 45.4 Å². The van der Waals surface area contributed by atoms with Crippen molar-refractivity contribution in [1.29, 1.82) is 0 Å². The summed E-state index contributed by atoms with van der Waals surface area (Å²) in [7, 11) is 0. The molecule has 134 valence electrons. The van der Waals surface area contributed by atoms with E-state index in [2.05, 4.69) is 20.4 Å². The first-order chi connectivity index (χ1) is 12.2. The van der Waals surface area contributed by atoms with Gasteiger partial charge in [0, 0.05) is 25.8 Å². The Kier molecular flexibility index (Phi) is 5.95. The molecule has 3 rings (SSSR count). The van der Waals surface area contributed by atoms with E-state index in [0.29, 0.717) is 31.2 Å². The number of hydrogen-bond acceptors (Lipinski definition) is 6. The lowest BCUT2D eigenvalue weighted by Gasteiger charge is -2.25. The maximum Gasteiger partial charge on any atom is 0.318 e. The molecule has 0 aliphatic carbocycles. The predicted molar refractivity (Wildman–Crippen MR) is 89.5 cm³/mol. The minimum Gasteiger partial charge on any atom is -0.376 e. The van der Waals surface area contributed by atoms with Gasteiger partial charge in [-0.05, 0) is 25.0 Å². The average molecular weight is 345 g/mol. The quantitative estimate of drug-likeness (QED) is 0.824. The zero-order valence-corrected chi connectivity index (χ0v) is 14.4. The molecule has 3 heterocycles. The number of rotatable bonds is 7. The fourth-order valence-electron chi connectivity index (χ4n) is 2.71. The van der Waals surface area contributed by atoms with Crippen molar-refractivity contribution in [3.05, 3.63) is 41.8 Å². The van der Waals surface area contributed by atoms with Crippen molar-refractivity contribution in [3.8, 4) is 0 Å². The van der Waals surface area contributed by atoms with Crippen LogP contribution in [-0.4, -0.2) is 45.3 Å². The second kappa shape index (κ2) is 8.57. The largest absolute Gasteiger partial charge is 0.376 e. The molecule has 2 aromatic heterocycles. The molecule has 0 aromatic carbocycles. The third-order valence-electron chi connectivity index (χ3n) is 4.03. The molecule has 0 bridgehead atoms. The fourth-order valence-corrected chi connectivity index (χ4v) is 2.71. The van der Waals surface area contributed by atoms with Gasteiger partial charge < -0.3 is 19.5 Å². The van der Waals surface area contributed by atoms with Gasteiger partial charge in [0.15, 0.2) is 5.82 Å². The number of nitrogens with zero attached hydrogens (tertiary/aromatic N) is 4. The van der Waals surface area contributed by atoms with Crippen molar-refractivity contribution in [3.63, 3.8) is 0 Å². The standard InChI is InChI=1S/C17H23N5O3/c1-2-15-20-16(25-21-15)10-19-17(23)22(12-14-7-5-9-24-14)11-13-6-3-4-8-18-13/h3-4,6,8,14H,2,5,7,9-12H2,1H3,(H,19,23)/t14-/m0/s1. The van der Waals surface area contributed by atoms with Crippen LogP contribution in [0.5, 0.6) is 0 Å². The third-order valence-corrected chi connectivity index (χ3v) is 4.03. The molecule has 0 spiro atoms. The van der Waals surface area contributed by atoms with E-state index in [0.717, 1.165) is 25.1 Å².